The summed E-state index contributed by atoms with van der Waals surface area (Å²) >= 11 is 0. The monoisotopic (exact) mass is 834 g/mol. The maximum atomic E-state index is 6.71. The van der Waals surface area contributed by atoms with Crippen molar-refractivity contribution in [2.45, 2.75) is 129 Å². The van der Waals surface area contributed by atoms with Gasteiger partial charge in [-0.15, -0.1) is 13.2 Å². The summed E-state index contributed by atoms with van der Waals surface area (Å²) in [6, 6.07) is 34.7. The molecule has 0 N–H and O–H groups in total. The Morgan fingerprint density at radius 2 is 0.519 bits per heavy atom. The lowest BCUT2D eigenvalue weighted by Crippen LogP contribution is -2.53. The molecule has 0 aliphatic rings. The molecule has 0 amide bonds. The molecule has 10 heteroatoms. The van der Waals surface area contributed by atoms with Gasteiger partial charge in [0.25, 0.3) is 0 Å². The maximum Gasteiger partial charge on any atom is 0.206 e. The van der Waals surface area contributed by atoms with E-state index < -0.39 is 65.6 Å². The van der Waals surface area contributed by atoms with Gasteiger partial charge in [0.2, 0.25) is 16.6 Å². The summed E-state index contributed by atoms with van der Waals surface area (Å²) in [7, 11) is -13.9. The fourth-order valence-electron chi connectivity index (χ4n) is 7.36. The number of hydrogen-bond donors (Lipinski definition) is 0. The van der Waals surface area contributed by atoms with Gasteiger partial charge in [-0.25, -0.2) is 0 Å². The van der Waals surface area contributed by atoms with E-state index in [1.807, 2.05) is 0 Å². The quantitative estimate of drug-likeness (QED) is 0.119. The molecular formula is C42H74O2Si8. The Balaban J connectivity index is 1.64. The van der Waals surface area contributed by atoms with E-state index in [0.717, 1.165) is 0 Å². The molecule has 0 saturated carbocycles. The summed E-state index contributed by atoms with van der Waals surface area (Å²) in [5.74, 6) is 0. The second-order valence-electron chi connectivity index (χ2n) is 20.1. The van der Waals surface area contributed by atoms with Crippen LogP contribution >= 0.6 is 0 Å². The van der Waals surface area contributed by atoms with Crippen molar-refractivity contribution < 1.29 is 8.23 Å². The minimum Gasteiger partial charge on any atom is -0.449 e. The van der Waals surface area contributed by atoms with Crippen LogP contribution in [0.15, 0.2) is 97.4 Å². The number of benzene rings is 3. The molecule has 0 aromatic heterocycles. The van der Waals surface area contributed by atoms with Gasteiger partial charge < -0.3 is 8.23 Å². The van der Waals surface area contributed by atoms with Crippen LogP contribution < -0.4 is 31.1 Å². The zero-order valence-corrected chi connectivity index (χ0v) is 44.1. The molecule has 3 rings (SSSR count). The minimum absolute atomic E-state index is 1.34. The lowest BCUT2D eigenvalue weighted by molar-refractivity contribution is 0.571. The van der Waals surface area contributed by atoms with Crippen LogP contribution in [0.4, 0.5) is 0 Å². The van der Waals surface area contributed by atoms with E-state index in [1.54, 1.807) is 20.7 Å². The number of rotatable bonds is 18. The Bertz CT molecular complexity index is 1530. The van der Waals surface area contributed by atoms with Crippen molar-refractivity contribution in [3.8, 4) is 0 Å². The Hall–Kier alpha value is -1.20. The molecule has 0 unspecified atom stereocenters. The van der Waals surface area contributed by atoms with E-state index in [1.165, 1.54) is 34.5 Å². The lowest BCUT2D eigenvalue weighted by atomic mass is 10.4. The standard InChI is InChI=1S/C42H74O2Si8/c1-19-49(11,12)43-51(15,16)41-29-25-39(26-30-41)47(7,8)35-33-45(3,4)37-21-23-38(24-22-37)46(5,6)34-36-48(9,10)40-27-31-42(32-28-40)52(17,18)44-50(13,14)20-2/h19-32H,1-2,33-36H2,3-18H3. The van der Waals surface area contributed by atoms with E-state index in [2.05, 4.69) is 202 Å². The molecule has 0 aliphatic carbocycles. The predicted molar refractivity (Wildman–Crippen MR) is 259 cm³/mol. The summed E-state index contributed by atoms with van der Waals surface area (Å²) in [6.45, 7) is 47.0. The van der Waals surface area contributed by atoms with Crippen LogP contribution in [0.5, 0.6) is 0 Å². The highest BCUT2D eigenvalue weighted by Crippen LogP contribution is 2.24. The first-order valence-corrected chi connectivity index (χ1v) is 44.2. The maximum absolute atomic E-state index is 6.71. The number of hydrogen-bond acceptors (Lipinski definition) is 2. The second-order valence-corrected chi connectivity index (χ2v) is 55.5. The van der Waals surface area contributed by atoms with Gasteiger partial charge in [0.1, 0.15) is 0 Å². The Kier molecular flexibility index (Phi) is 14.3. The van der Waals surface area contributed by atoms with E-state index in [4.69, 9.17) is 8.23 Å². The van der Waals surface area contributed by atoms with Gasteiger partial charge in [0, 0.05) is 0 Å². The fourth-order valence-corrected chi connectivity index (χ4v) is 36.9. The van der Waals surface area contributed by atoms with E-state index in [-0.39, 0.29) is 0 Å². The van der Waals surface area contributed by atoms with Crippen LogP contribution in [-0.2, 0) is 8.23 Å². The highest BCUT2D eigenvalue weighted by atomic mass is 28.4. The second kappa shape index (κ2) is 16.5. The molecule has 0 heterocycles. The van der Waals surface area contributed by atoms with Gasteiger partial charge in [0.05, 0.1) is 32.3 Å². The molecule has 52 heavy (non-hydrogen) atoms. The first-order valence-electron chi connectivity index (χ1n) is 19.6. The molecular weight excluding hydrogens is 761 g/mol. The minimum atomic E-state index is -1.96. The smallest absolute Gasteiger partial charge is 0.206 e. The van der Waals surface area contributed by atoms with Crippen LogP contribution in [0.25, 0.3) is 0 Å². The van der Waals surface area contributed by atoms with E-state index >= 15 is 0 Å². The molecule has 3 aromatic rings. The third-order valence-electron chi connectivity index (χ3n) is 11.9. The van der Waals surface area contributed by atoms with Crippen molar-refractivity contribution in [2.24, 2.45) is 0 Å². The van der Waals surface area contributed by atoms with Gasteiger partial charge in [-0.1, -0.05) is 181 Å². The summed E-state index contributed by atoms with van der Waals surface area (Å²) in [5, 5.41) is 9.17. The van der Waals surface area contributed by atoms with Crippen molar-refractivity contribution in [3.63, 3.8) is 0 Å². The van der Waals surface area contributed by atoms with E-state index in [9.17, 15) is 0 Å². The van der Waals surface area contributed by atoms with Gasteiger partial charge in [-0.2, -0.15) is 0 Å². The molecule has 0 radical (unpaired) electrons. The zero-order chi connectivity index (χ0) is 39.6. The predicted octanol–water partition coefficient (Wildman–Crippen LogP) is 9.47. The van der Waals surface area contributed by atoms with Crippen LogP contribution in [0, 0.1) is 0 Å². The molecule has 286 valence electrons. The molecule has 0 aliphatic heterocycles. The van der Waals surface area contributed by atoms with Crippen LogP contribution in [0.2, 0.25) is 129 Å². The lowest BCUT2D eigenvalue weighted by Gasteiger charge is -2.33. The third kappa shape index (κ3) is 11.9. The average molecular weight is 836 g/mol. The Morgan fingerprint density at radius 1 is 0.346 bits per heavy atom. The van der Waals surface area contributed by atoms with Crippen LogP contribution in [0.1, 0.15) is 0 Å². The summed E-state index contributed by atoms with van der Waals surface area (Å²) < 4.78 is 13.4. The fraction of sp³-hybridized carbons (Fsp3) is 0.476. The van der Waals surface area contributed by atoms with Gasteiger partial charge >= 0.3 is 0 Å². The molecule has 0 fully saturated rings. The van der Waals surface area contributed by atoms with Crippen LogP contribution in [0.3, 0.4) is 0 Å². The highest BCUT2D eigenvalue weighted by Gasteiger charge is 2.36. The van der Waals surface area contributed by atoms with E-state index in [0.29, 0.717) is 0 Å². The summed E-state index contributed by atoms with van der Waals surface area (Å²) in [6.07, 6.45) is 0. The SMILES string of the molecule is C=C[Si](C)(C)O[Si](C)(C)c1ccc([Si](C)(C)CC[Si](C)(C)c2ccc([Si](C)(C)CC[Si](C)(C)c3ccc([Si](C)(C)O[Si](C)(C)C=C)cc3)cc2)cc1. The molecule has 0 saturated heterocycles. The van der Waals surface area contributed by atoms with Gasteiger partial charge in [-0.05, 0) is 62.7 Å². The first kappa shape index (κ1) is 45.2. The molecule has 3 aromatic carbocycles. The molecule has 0 spiro atoms. The van der Waals surface area contributed by atoms with Crippen molar-refractivity contribution in [1.29, 1.82) is 0 Å². The average Bonchev–Trinajstić information content (AvgIpc) is 3.06. The Labute approximate surface area is 329 Å². The Morgan fingerprint density at radius 3 is 0.692 bits per heavy atom. The van der Waals surface area contributed by atoms with Crippen molar-refractivity contribution >= 4 is 96.7 Å². The highest BCUT2D eigenvalue weighted by molar-refractivity contribution is 6.97. The first-order chi connectivity index (χ1) is 23.6. The zero-order valence-electron chi connectivity index (χ0n) is 36.1. The van der Waals surface area contributed by atoms with Crippen molar-refractivity contribution in [1.82, 2.24) is 0 Å². The normalized spacial score (nSPS) is 14.0. The van der Waals surface area contributed by atoms with Crippen molar-refractivity contribution in [3.05, 3.63) is 97.4 Å². The molecule has 0 bridgehead atoms. The van der Waals surface area contributed by atoms with Gasteiger partial charge in [0.15, 0.2) is 16.6 Å². The molecule has 2 nitrogen and oxygen atoms in total. The van der Waals surface area contributed by atoms with Gasteiger partial charge in [-0.3, -0.25) is 0 Å². The third-order valence-corrected chi connectivity index (χ3v) is 40.2. The van der Waals surface area contributed by atoms with Crippen LogP contribution in [-0.4, -0.2) is 65.6 Å². The summed E-state index contributed by atoms with van der Waals surface area (Å²) in [4.78, 5) is 0. The largest absolute Gasteiger partial charge is 0.449 e. The summed E-state index contributed by atoms with van der Waals surface area (Å²) in [5.41, 5.74) is 4.12. The van der Waals surface area contributed by atoms with Crippen molar-refractivity contribution in [2.75, 3.05) is 0 Å². The topological polar surface area (TPSA) is 18.5 Å². The molecule has 0 atom stereocenters.